The van der Waals surface area contributed by atoms with Gasteiger partial charge < -0.3 is 10.6 Å². The van der Waals surface area contributed by atoms with Gasteiger partial charge in [-0.05, 0) is 69.2 Å². The fraction of sp³-hybridized carbons (Fsp3) is 0.474. The molecule has 0 spiro atoms. The molecule has 3 amide bonds. The van der Waals surface area contributed by atoms with Crippen LogP contribution in [0.2, 0.25) is 0 Å². The average molecular weight is 329 g/mol. The van der Waals surface area contributed by atoms with Crippen molar-refractivity contribution in [3.63, 3.8) is 0 Å². The van der Waals surface area contributed by atoms with E-state index >= 15 is 0 Å². The van der Waals surface area contributed by atoms with Crippen LogP contribution in [-0.2, 0) is 4.79 Å². The molecule has 0 aliphatic heterocycles. The third-order valence-electron chi connectivity index (χ3n) is 4.33. The van der Waals surface area contributed by atoms with Crippen LogP contribution in [0.15, 0.2) is 29.8 Å². The van der Waals surface area contributed by atoms with Crippen LogP contribution in [0, 0.1) is 13.8 Å². The summed E-state index contributed by atoms with van der Waals surface area (Å²) in [7, 11) is 0. The first-order chi connectivity index (χ1) is 11.5. The number of nitrogens with one attached hydrogen (secondary N) is 3. The van der Waals surface area contributed by atoms with Crippen molar-refractivity contribution >= 4 is 17.6 Å². The van der Waals surface area contributed by atoms with Crippen LogP contribution in [0.25, 0.3) is 0 Å². The first kappa shape index (κ1) is 18.0. The Kier molecular flexibility index (Phi) is 6.85. The number of allylic oxidation sites excluding steroid dienone is 1. The van der Waals surface area contributed by atoms with E-state index in [1.165, 1.54) is 24.0 Å². The summed E-state index contributed by atoms with van der Waals surface area (Å²) in [5, 5.41) is 8.10. The number of anilines is 1. The number of hydrogen-bond donors (Lipinski definition) is 3. The second-order valence-corrected chi connectivity index (χ2v) is 6.31. The van der Waals surface area contributed by atoms with Gasteiger partial charge in [0.05, 0.1) is 6.54 Å². The van der Waals surface area contributed by atoms with Crippen molar-refractivity contribution in [1.82, 2.24) is 10.6 Å². The predicted molar refractivity (Wildman–Crippen MR) is 97.1 cm³/mol. The van der Waals surface area contributed by atoms with E-state index in [1.807, 2.05) is 32.0 Å². The van der Waals surface area contributed by atoms with E-state index in [4.69, 9.17) is 0 Å². The molecule has 5 heteroatoms. The number of aryl methyl sites for hydroxylation is 2. The van der Waals surface area contributed by atoms with Crippen LogP contribution in [0.5, 0.6) is 0 Å². The number of urea groups is 1. The molecule has 1 aromatic rings. The Labute approximate surface area is 143 Å². The topological polar surface area (TPSA) is 70.2 Å². The lowest BCUT2D eigenvalue weighted by Crippen LogP contribution is -2.42. The van der Waals surface area contributed by atoms with E-state index in [0.29, 0.717) is 6.54 Å². The molecule has 0 radical (unpaired) electrons. The van der Waals surface area contributed by atoms with E-state index < -0.39 is 6.03 Å². The molecule has 1 aliphatic carbocycles. The summed E-state index contributed by atoms with van der Waals surface area (Å²) in [6, 6.07) is 5.48. The zero-order valence-electron chi connectivity index (χ0n) is 14.6. The Morgan fingerprint density at radius 1 is 1.12 bits per heavy atom. The molecule has 0 saturated heterocycles. The Morgan fingerprint density at radius 3 is 2.67 bits per heavy atom. The smallest absolute Gasteiger partial charge is 0.321 e. The molecule has 0 bridgehead atoms. The van der Waals surface area contributed by atoms with Crippen molar-refractivity contribution in [3.8, 4) is 0 Å². The molecule has 1 aromatic carbocycles. The van der Waals surface area contributed by atoms with Crippen molar-refractivity contribution in [1.29, 1.82) is 0 Å². The van der Waals surface area contributed by atoms with E-state index in [1.54, 1.807) is 0 Å². The van der Waals surface area contributed by atoms with Gasteiger partial charge in [0.2, 0.25) is 5.91 Å². The highest BCUT2D eigenvalue weighted by atomic mass is 16.2. The van der Waals surface area contributed by atoms with Gasteiger partial charge in [-0.2, -0.15) is 0 Å². The fourth-order valence-electron chi connectivity index (χ4n) is 2.72. The van der Waals surface area contributed by atoms with E-state index in [-0.39, 0.29) is 12.5 Å². The molecule has 130 valence electrons. The molecular weight excluding hydrogens is 302 g/mol. The van der Waals surface area contributed by atoms with Gasteiger partial charge in [-0.25, -0.2) is 4.79 Å². The molecule has 0 fully saturated rings. The summed E-state index contributed by atoms with van der Waals surface area (Å²) in [6.45, 7) is 4.70. The highest BCUT2D eigenvalue weighted by Gasteiger charge is 2.08. The highest BCUT2D eigenvalue weighted by molar-refractivity contribution is 5.96. The van der Waals surface area contributed by atoms with Gasteiger partial charge in [0, 0.05) is 12.2 Å². The van der Waals surface area contributed by atoms with E-state index in [2.05, 4.69) is 22.0 Å². The molecule has 3 N–H and O–H groups in total. The molecule has 24 heavy (non-hydrogen) atoms. The number of hydrogen-bond acceptors (Lipinski definition) is 3. The molecule has 0 unspecified atom stereocenters. The maximum absolute atomic E-state index is 11.8. The first-order valence-corrected chi connectivity index (χ1v) is 8.61. The minimum absolute atomic E-state index is 0.0705. The highest BCUT2D eigenvalue weighted by Crippen LogP contribution is 2.19. The first-order valence-electron chi connectivity index (χ1n) is 8.61. The van der Waals surface area contributed by atoms with Gasteiger partial charge in [-0.15, -0.1) is 0 Å². The van der Waals surface area contributed by atoms with E-state index in [0.717, 1.165) is 30.5 Å². The number of imide groups is 1. The molecule has 0 atom stereocenters. The van der Waals surface area contributed by atoms with Gasteiger partial charge in [-0.1, -0.05) is 17.7 Å². The molecule has 1 aliphatic rings. The lowest BCUT2D eigenvalue weighted by molar-refractivity contribution is -0.118. The largest absolute Gasteiger partial charge is 0.376 e. The molecule has 0 heterocycles. The Bertz CT molecular complexity index is 623. The van der Waals surface area contributed by atoms with Gasteiger partial charge in [-0.3, -0.25) is 10.1 Å². The second-order valence-electron chi connectivity index (χ2n) is 6.31. The molecule has 0 saturated carbocycles. The molecule has 5 nitrogen and oxygen atoms in total. The Morgan fingerprint density at radius 2 is 1.96 bits per heavy atom. The number of carbonyl (C=O) groups is 2. The zero-order chi connectivity index (χ0) is 17.4. The van der Waals surface area contributed by atoms with E-state index in [9.17, 15) is 9.59 Å². The lowest BCUT2D eigenvalue weighted by atomic mass is 9.97. The van der Waals surface area contributed by atoms with Crippen LogP contribution < -0.4 is 16.0 Å². The molecular formula is C19H27N3O2. The van der Waals surface area contributed by atoms with Crippen molar-refractivity contribution in [2.75, 3.05) is 18.4 Å². The normalized spacial score (nSPS) is 13.8. The minimum atomic E-state index is -0.432. The van der Waals surface area contributed by atoms with Crippen LogP contribution in [0.3, 0.4) is 0 Å². The standard InChI is InChI=1S/C19H27N3O2/c1-14-8-9-17(12-15(14)2)21-13-18(23)22-19(24)20-11-10-16-6-4-3-5-7-16/h6,8-9,12,21H,3-5,7,10-11,13H2,1-2H3,(H2,20,22,23,24). The molecule has 0 aromatic heterocycles. The van der Waals surface area contributed by atoms with Crippen LogP contribution in [0.1, 0.15) is 43.2 Å². The average Bonchev–Trinajstić information content (AvgIpc) is 2.57. The van der Waals surface area contributed by atoms with Crippen LogP contribution in [0.4, 0.5) is 10.5 Å². The third-order valence-corrected chi connectivity index (χ3v) is 4.33. The maximum Gasteiger partial charge on any atom is 0.321 e. The van der Waals surface area contributed by atoms with Gasteiger partial charge in [0.15, 0.2) is 0 Å². The van der Waals surface area contributed by atoms with Crippen molar-refractivity contribution < 1.29 is 9.59 Å². The predicted octanol–water partition coefficient (Wildman–Crippen LogP) is 3.43. The Balaban J connectivity index is 1.64. The SMILES string of the molecule is Cc1ccc(NCC(=O)NC(=O)NCCC2=CCCCC2)cc1C. The van der Waals surface area contributed by atoms with Crippen molar-refractivity contribution in [2.45, 2.75) is 46.0 Å². The monoisotopic (exact) mass is 329 g/mol. The zero-order valence-corrected chi connectivity index (χ0v) is 14.6. The third kappa shape index (κ3) is 6.07. The number of carbonyl (C=O) groups excluding carboxylic acids is 2. The Hall–Kier alpha value is -2.30. The fourth-order valence-corrected chi connectivity index (χ4v) is 2.72. The van der Waals surface area contributed by atoms with Crippen LogP contribution >= 0.6 is 0 Å². The van der Waals surface area contributed by atoms with Gasteiger partial charge in [0.25, 0.3) is 0 Å². The summed E-state index contributed by atoms with van der Waals surface area (Å²) in [4.78, 5) is 23.5. The lowest BCUT2D eigenvalue weighted by Gasteiger charge is -2.13. The maximum atomic E-state index is 11.8. The summed E-state index contributed by atoms with van der Waals surface area (Å²) >= 11 is 0. The minimum Gasteiger partial charge on any atom is -0.376 e. The number of rotatable bonds is 6. The summed E-state index contributed by atoms with van der Waals surface area (Å²) in [6.07, 6.45) is 7.90. The summed E-state index contributed by atoms with van der Waals surface area (Å²) in [5.41, 5.74) is 4.65. The number of benzene rings is 1. The van der Waals surface area contributed by atoms with Crippen molar-refractivity contribution in [2.24, 2.45) is 0 Å². The summed E-state index contributed by atoms with van der Waals surface area (Å²) in [5.74, 6) is -0.345. The summed E-state index contributed by atoms with van der Waals surface area (Å²) < 4.78 is 0. The quantitative estimate of drug-likeness (QED) is 0.700. The van der Waals surface area contributed by atoms with Crippen molar-refractivity contribution in [3.05, 3.63) is 41.0 Å². The second kappa shape index (κ2) is 9.11. The van der Waals surface area contributed by atoms with Crippen LogP contribution in [-0.4, -0.2) is 25.0 Å². The number of amides is 3. The molecule has 2 rings (SSSR count). The van der Waals surface area contributed by atoms with Gasteiger partial charge >= 0.3 is 6.03 Å². The van der Waals surface area contributed by atoms with Gasteiger partial charge in [0.1, 0.15) is 0 Å².